The molecule has 3 atom stereocenters. The summed E-state index contributed by atoms with van der Waals surface area (Å²) in [7, 11) is 1.71. The molecule has 2 aliphatic rings. The molecular weight excluding hydrogens is 204 g/mol. The first-order chi connectivity index (χ1) is 7.66. The Morgan fingerprint density at radius 2 is 2.31 bits per heavy atom. The SMILES string of the molecule is Cn1cnc(N2C[C@@H]3CC[C@H]2[C@H]3N)cc1=O. The molecule has 5 heteroatoms. The van der Waals surface area contributed by atoms with Gasteiger partial charge in [0.2, 0.25) is 0 Å². The Hall–Kier alpha value is -1.36. The van der Waals surface area contributed by atoms with Gasteiger partial charge in [-0.05, 0) is 18.8 Å². The van der Waals surface area contributed by atoms with Crippen LogP contribution in [0, 0.1) is 5.92 Å². The zero-order valence-electron chi connectivity index (χ0n) is 9.34. The molecule has 2 heterocycles. The highest BCUT2D eigenvalue weighted by Gasteiger charge is 2.45. The number of aryl methyl sites for hydroxylation is 1. The molecule has 0 aromatic carbocycles. The van der Waals surface area contributed by atoms with Crippen molar-refractivity contribution in [2.75, 3.05) is 11.4 Å². The first-order valence-electron chi connectivity index (χ1n) is 5.72. The Bertz CT molecular complexity index is 469. The van der Waals surface area contributed by atoms with Crippen LogP contribution in [0.3, 0.4) is 0 Å². The monoisotopic (exact) mass is 220 g/mol. The number of hydrogen-bond acceptors (Lipinski definition) is 4. The van der Waals surface area contributed by atoms with E-state index in [0.717, 1.165) is 18.8 Å². The summed E-state index contributed by atoms with van der Waals surface area (Å²) >= 11 is 0. The largest absolute Gasteiger partial charge is 0.352 e. The highest BCUT2D eigenvalue weighted by atomic mass is 16.1. The van der Waals surface area contributed by atoms with Crippen LogP contribution in [0.25, 0.3) is 0 Å². The lowest BCUT2D eigenvalue weighted by Gasteiger charge is -2.27. The maximum atomic E-state index is 11.5. The lowest BCUT2D eigenvalue weighted by Crippen LogP contribution is -2.38. The van der Waals surface area contributed by atoms with E-state index in [1.807, 2.05) is 0 Å². The summed E-state index contributed by atoms with van der Waals surface area (Å²) in [6.45, 7) is 0.950. The second-order valence-corrected chi connectivity index (χ2v) is 4.83. The van der Waals surface area contributed by atoms with Crippen LogP contribution in [0.15, 0.2) is 17.2 Å². The molecule has 1 aromatic heterocycles. The predicted molar refractivity (Wildman–Crippen MR) is 61.3 cm³/mol. The fraction of sp³-hybridized carbons (Fsp3) is 0.636. The van der Waals surface area contributed by atoms with Crippen LogP contribution in [0.4, 0.5) is 5.82 Å². The second-order valence-electron chi connectivity index (χ2n) is 4.83. The number of nitrogens with two attached hydrogens (primary N) is 1. The minimum Gasteiger partial charge on any atom is -0.352 e. The van der Waals surface area contributed by atoms with E-state index in [1.165, 1.54) is 11.0 Å². The zero-order chi connectivity index (χ0) is 11.3. The van der Waals surface area contributed by atoms with Gasteiger partial charge in [0.15, 0.2) is 0 Å². The van der Waals surface area contributed by atoms with Gasteiger partial charge in [0.25, 0.3) is 5.56 Å². The zero-order valence-corrected chi connectivity index (χ0v) is 9.34. The maximum Gasteiger partial charge on any atom is 0.255 e. The Morgan fingerprint density at radius 1 is 1.50 bits per heavy atom. The van der Waals surface area contributed by atoms with E-state index in [1.54, 1.807) is 19.4 Å². The molecule has 1 saturated heterocycles. The van der Waals surface area contributed by atoms with Crippen LogP contribution >= 0.6 is 0 Å². The van der Waals surface area contributed by atoms with Gasteiger partial charge in [-0.25, -0.2) is 4.98 Å². The summed E-state index contributed by atoms with van der Waals surface area (Å²) < 4.78 is 1.48. The Kier molecular flexibility index (Phi) is 2.04. The third kappa shape index (κ3) is 1.28. The summed E-state index contributed by atoms with van der Waals surface area (Å²) in [5.74, 6) is 1.36. The molecule has 0 spiro atoms. The fourth-order valence-corrected chi connectivity index (χ4v) is 2.92. The summed E-state index contributed by atoms with van der Waals surface area (Å²) in [6.07, 6.45) is 3.92. The number of rotatable bonds is 1. The quantitative estimate of drug-likeness (QED) is 0.706. The van der Waals surface area contributed by atoms with Crippen molar-refractivity contribution in [2.45, 2.75) is 24.9 Å². The van der Waals surface area contributed by atoms with E-state index >= 15 is 0 Å². The number of nitrogens with zero attached hydrogens (tertiary/aromatic N) is 3. The molecule has 2 N–H and O–H groups in total. The van der Waals surface area contributed by atoms with Crippen LogP contribution in [-0.2, 0) is 7.05 Å². The van der Waals surface area contributed by atoms with E-state index in [2.05, 4.69) is 9.88 Å². The van der Waals surface area contributed by atoms with Gasteiger partial charge >= 0.3 is 0 Å². The van der Waals surface area contributed by atoms with E-state index in [4.69, 9.17) is 5.73 Å². The first-order valence-corrected chi connectivity index (χ1v) is 5.72. The third-order valence-electron chi connectivity index (χ3n) is 3.91. The normalized spacial score (nSPS) is 32.4. The van der Waals surface area contributed by atoms with Crippen molar-refractivity contribution < 1.29 is 0 Å². The first kappa shape index (κ1) is 9.84. The highest BCUT2D eigenvalue weighted by molar-refractivity contribution is 5.42. The molecule has 0 unspecified atom stereocenters. The van der Waals surface area contributed by atoms with Crippen LogP contribution < -0.4 is 16.2 Å². The molecule has 2 bridgehead atoms. The smallest absolute Gasteiger partial charge is 0.255 e. The molecule has 1 saturated carbocycles. The Balaban J connectivity index is 1.94. The average molecular weight is 220 g/mol. The van der Waals surface area contributed by atoms with Gasteiger partial charge < -0.3 is 15.2 Å². The fourth-order valence-electron chi connectivity index (χ4n) is 2.92. The lowest BCUT2D eigenvalue weighted by atomic mass is 10.1. The topological polar surface area (TPSA) is 64.2 Å². The predicted octanol–water partition coefficient (Wildman–Crippen LogP) is -0.294. The molecule has 1 aliphatic carbocycles. The van der Waals surface area contributed by atoms with Crippen molar-refractivity contribution in [3.8, 4) is 0 Å². The number of hydrogen-bond donors (Lipinski definition) is 1. The van der Waals surface area contributed by atoms with Gasteiger partial charge in [0, 0.05) is 31.7 Å². The summed E-state index contributed by atoms with van der Waals surface area (Å²) in [4.78, 5) is 18.1. The average Bonchev–Trinajstić information content (AvgIpc) is 2.78. The summed E-state index contributed by atoms with van der Waals surface area (Å²) in [6, 6.07) is 2.24. The van der Waals surface area contributed by atoms with Gasteiger partial charge in [0.1, 0.15) is 5.82 Å². The van der Waals surface area contributed by atoms with Crippen molar-refractivity contribution in [3.05, 3.63) is 22.7 Å². The molecule has 16 heavy (non-hydrogen) atoms. The van der Waals surface area contributed by atoms with Gasteiger partial charge in [-0.3, -0.25) is 4.79 Å². The van der Waals surface area contributed by atoms with Gasteiger partial charge in [-0.1, -0.05) is 0 Å². The van der Waals surface area contributed by atoms with Crippen molar-refractivity contribution in [1.29, 1.82) is 0 Å². The van der Waals surface area contributed by atoms with Crippen LogP contribution in [-0.4, -0.2) is 28.2 Å². The van der Waals surface area contributed by atoms with E-state index in [0.29, 0.717) is 12.0 Å². The molecule has 1 aromatic rings. The van der Waals surface area contributed by atoms with Gasteiger partial charge in [-0.15, -0.1) is 0 Å². The Labute approximate surface area is 93.9 Å². The van der Waals surface area contributed by atoms with E-state index < -0.39 is 0 Å². The Morgan fingerprint density at radius 3 is 2.88 bits per heavy atom. The van der Waals surface area contributed by atoms with Crippen molar-refractivity contribution in [2.24, 2.45) is 18.7 Å². The molecule has 0 radical (unpaired) electrons. The molecule has 0 amide bonds. The van der Waals surface area contributed by atoms with Crippen LogP contribution in [0.1, 0.15) is 12.8 Å². The number of piperidine rings is 1. The molecular formula is C11H16N4O. The minimum absolute atomic E-state index is 0.0126. The molecule has 2 fully saturated rings. The standard InChI is InChI=1S/C11H16N4O/c1-14-6-13-9(4-10(14)16)15-5-7-2-3-8(15)11(7)12/h4,6-8,11H,2-3,5,12H2,1H3/t7-,8-,11-/m0/s1. The van der Waals surface area contributed by atoms with E-state index in [-0.39, 0.29) is 11.6 Å². The summed E-state index contributed by atoms with van der Waals surface area (Å²) in [5.41, 5.74) is 6.11. The van der Waals surface area contributed by atoms with Crippen molar-refractivity contribution in [3.63, 3.8) is 0 Å². The van der Waals surface area contributed by atoms with Crippen molar-refractivity contribution >= 4 is 5.82 Å². The number of fused-ring (bicyclic) bond motifs is 2. The minimum atomic E-state index is -0.0126. The van der Waals surface area contributed by atoms with Gasteiger partial charge in [-0.2, -0.15) is 0 Å². The highest BCUT2D eigenvalue weighted by Crippen LogP contribution is 2.38. The second kappa shape index (κ2) is 3.31. The molecule has 3 rings (SSSR count). The lowest BCUT2D eigenvalue weighted by molar-refractivity contribution is 0.535. The van der Waals surface area contributed by atoms with Crippen LogP contribution in [0.2, 0.25) is 0 Å². The number of aromatic nitrogens is 2. The maximum absolute atomic E-state index is 11.5. The number of anilines is 1. The summed E-state index contributed by atoms with van der Waals surface area (Å²) in [5, 5.41) is 0. The van der Waals surface area contributed by atoms with Crippen molar-refractivity contribution in [1.82, 2.24) is 9.55 Å². The van der Waals surface area contributed by atoms with Crippen LogP contribution in [0.5, 0.6) is 0 Å². The van der Waals surface area contributed by atoms with Gasteiger partial charge in [0.05, 0.1) is 6.33 Å². The molecule has 5 nitrogen and oxygen atoms in total. The molecule has 1 aliphatic heterocycles. The molecule has 86 valence electrons. The van der Waals surface area contributed by atoms with E-state index in [9.17, 15) is 4.79 Å². The third-order valence-corrected chi connectivity index (χ3v) is 3.91.